The normalized spacial score (nSPS) is 24.6. The molecule has 0 spiro atoms. The molecular weight excluding hydrogens is 259 g/mol. The van der Waals surface area contributed by atoms with E-state index in [1.165, 1.54) is 0 Å². The highest BCUT2D eigenvalue weighted by atomic mass is 35.5. The van der Waals surface area contributed by atoms with E-state index in [1.807, 2.05) is 0 Å². The van der Waals surface area contributed by atoms with Crippen LogP contribution in [0.25, 0.3) is 0 Å². The van der Waals surface area contributed by atoms with E-state index in [0.717, 1.165) is 31.2 Å². The number of aliphatic carboxylic acids is 1. The molecule has 1 saturated carbocycles. The van der Waals surface area contributed by atoms with Gasteiger partial charge in [0.2, 0.25) is 0 Å². The molecule has 0 heterocycles. The van der Waals surface area contributed by atoms with Crippen molar-refractivity contribution in [1.82, 2.24) is 0 Å². The van der Waals surface area contributed by atoms with Crippen molar-refractivity contribution < 1.29 is 9.90 Å². The summed E-state index contributed by atoms with van der Waals surface area (Å²) in [5.41, 5.74) is 0.881. The topological polar surface area (TPSA) is 37.3 Å². The minimum atomic E-state index is -0.731. The van der Waals surface area contributed by atoms with Crippen molar-refractivity contribution in [2.45, 2.75) is 31.6 Å². The van der Waals surface area contributed by atoms with Crippen molar-refractivity contribution in [3.05, 3.63) is 33.8 Å². The third kappa shape index (κ3) is 2.75. The SMILES string of the molecule is O=C(O)C1CCCCC1c1cc(Cl)ccc1Cl. The van der Waals surface area contributed by atoms with Gasteiger partial charge in [-0.2, -0.15) is 0 Å². The number of rotatable bonds is 2. The Morgan fingerprint density at radius 3 is 2.65 bits per heavy atom. The summed E-state index contributed by atoms with van der Waals surface area (Å²) in [5, 5.41) is 10.5. The molecule has 17 heavy (non-hydrogen) atoms. The van der Waals surface area contributed by atoms with Crippen molar-refractivity contribution in [2.24, 2.45) is 5.92 Å². The largest absolute Gasteiger partial charge is 0.481 e. The maximum Gasteiger partial charge on any atom is 0.307 e. The van der Waals surface area contributed by atoms with E-state index in [-0.39, 0.29) is 11.8 Å². The van der Waals surface area contributed by atoms with Crippen LogP contribution in [0.4, 0.5) is 0 Å². The highest BCUT2D eigenvalue weighted by Gasteiger charge is 2.32. The number of hydrogen-bond acceptors (Lipinski definition) is 1. The van der Waals surface area contributed by atoms with Gasteiger partial charge in [0, 0.05) is 10.0 Å². The maximum atomic E-state index is 11.3. The predicted octanol–water partition coefficient (Wildman–Crippen LogP) is 4.35. The number of carbonyl (C=O) groups is 1. The van der Waals surface area contributed by atoms with Gasteiger partial charge in [0.15, 0.2) is 0 Å². The fraction of sp³-hybridized carbons (Fsp3) is 0.462. The molecule has 4 heteroatoms. The highest BCUT2D eigenvalue weighted by molar-refractivity contribution is 6.33. The van der Waals surface area contributed by atoms with Crippen LogP contribution in [0.3, 0.4) is 0 Å². The lowest BCUT2D eigenvalue weighted by molar-refractivity contribution is -0.143. The Hall–Kier alpha value is -0.730. The molecule has 0 saturated heterocycles. The molecular formula is C13H14Cl2O2. The molecule has 0 aliphatic heterocycles. The smallest absolute Gasteiger partial charge is 0.307 e. The lowest BCUT2D eigenvalue weighted by atomic mass is 9.75. The van der Waals surface area contributed by atoms with Crippen LogP contribution in [-0.2, 0) is 4.79 Å². The van der Waals surface area contributed by atoms with Crippen LogP contribution in [-0.4, -0.2) is 11.1 Å². The first kappa shape index (κ1) is 12.7. The van der Waals surface area contributed by atoms with Gasteiger partial charge in [-0.25, -0.2) is 0 Å². The molecule has 0 bridgehead atoms. The Labute approximate surface area is 111 Å². The summed E-state index contributed by atoms with van der Waals surface area (Å²) in [5.74, 6) is -1.07. The maximum absolute atomic E-state index is 11.3. The molecule has 1 aliphatic carbocycles. The average molecular weight is 273 g/mol. The quantitative estimate of drug-likeness (QED) is 0.869. The first-order valence-corrected chi connectivity index (χ1v) is 6.53. The summed E-state index contributed by atoms with van der Waals surface area (Å²) in [6.07, 6.45) is 3.63. The summed E-state index contributed by atoms with van der Waals surface area (Å²) in [4.78, 5) is 11.3. The van der Waals surface area contributed by atoms with Gasteiger partial charge in [-0.05, 0) is 42.5 Å². The van der Waals surface area contributed by atoms with Crippen molar-refractivity contribution >= 4 is 29.2 Å². The predicted molar refractivity (Wildman–Crippen MR) is 68.8 cm³/mol. The summed E-state index contributed by atoms with van der Waals surface area (Å²) >= 11 is 12.1. The third-order valence-corrected chi connectivity index (χ3v) is 4.02. The average Bonchev–Trinajstić information content (AvgIpc) is 2.32. The molecule has 1 fully saturated rings. The minimum absolute atomic E-state index is 0.00699. The first-order valence-electron chi connectivity index (χ1n) is 5.77. The van der Waals surface area contributed by atoms with Gasteiger partial charge in [-0.1, -0.05) is 36.0 Å². The van der Waals surface area contributed by atoms with E-state index in [2.05, 4.69) is 0 Å². The van der Waals surface area contributed by atoms with Crippen molar-refractivity contribution in [1.29, 1.82) is 0 Å². The van der Waals surface area contributed by atoms with Crippen LogP contribution in [0, 0.1) is 5.92 Å². The van der Waals surface area contributed by atoms with Gasteiger partial charge in [0.1, 0.15) is 0 Å². The zero-order valence-electron chi connectivity index (χ0n) is 9.33. The van der Waals surface area contributed by atoms with E-state index >= 15 is 0 Å². The standard InChI is InChI=1S/C13H14Cl2O2/c14-8-5-6-12(15)11(7-8)9-3-1-2-4-10(9)13(16)17/h5-7,9-10H,1-4H2,(H,16,17). The minimum Gasteiger partial charge on any atom is -0.481 e. The fourth-order valence-electron chi connectivity index (χ4n) is 2.60. The lowest BCUT2D eigenvalue weighted by Crippen LogP contribution is -2.25. The molecule has 1 aromatic carbocycles. The zero-order valence-corrected chi connectivity index (χ0v) is 10.8. The van der Waals surface area contributed by atoms with E-state index in [9.17, 15) is 9.90 Å². The molecule has 1 aliphatic rings. The second kappa shape index (κ2) is 5.28. The molecule has 0 radical (unpaired) electrons. The molecule has 0 aromatic heterocycles. The van der Waals surface area contributed by atoms with Crippen LogP contribution >= 0.6 is 23.2 Å². The fourth-order valence-corrected chi connectivity index (χ4v) is 3.04. The Morgan fingerprint density at radius 2 is 1.94 bits per heavy atom. The Morgan fingerprint density at radius 1 is 1.24 bits per heavy atom. The number of carboxylic acid groups (broad SMARTS) is 1. The summed E-state index contributed by atoms with van der Waals surface area (Å²) < 4.78 is 0. The molecule has 1 aromatic rings. The lowest BCUT2D eigenvalue weighted by Gasteiger charge is -2.29. The summed E-state index contributed by atoms with van der Waals surface area (Å²) in [7, 11) is 0. The number of benzene rings is 1. The Balaban J connectivity index is 2.35. The molecule has 2 rings (SSSR count). The van der Waals surface area contributed by atoms with Gasteiger partial charge in [0.05, 0.1) is 5.92 Å². The highest BCUT2D eigenvalue weighted by Crippen LogP contribution is 2.41. The first-order chi connectivity index (χ1) is 8.09. The number of halogens is 2. The van der Waals surface area contributed by atoms with E-state index in [1.54, 1.807) is 18.2 Å². The van der Waals surface area contributed by atoms with E-state index in [4.69, 9.17) is 23.2 Å². The molecule has 2 nitrogen and oxygen atoms in total. The van der Waals surface area contributed by atoms with Crippen LogP contribution in [0.15, 0.2) is 18.2 Å². The zero-order chi connectivity index (χ0) is 12.4. The van der Waals surface area contributed by atoms with Crippen LogP contribution in [0.2, 0.25) is 10.0 Å². The van der Waals surface area contributed by atoms with Gasteiger partial charge < -0.3 is 5.11 Å². The van der Waals surface area contributed by atoms with Crippen molar-refractivity contribution in [3.63, 3.8) is 0 Å². The van der Waals surface area contributed by atoms with Gasteiger partial charge in [0.25, 0.3) is 0 Å². The molecule has 2 unspecified atom stereocenters. The van der Waals surface area contributed by atoms with E-state index in [0.29, 0.717) is 10.0 Å². The molecule has 0 amide bonds. The second-order valence-corrected chi connectivity index (χ2v) is 5.35. The third-order valence-electron chi connectivity index (χ3n) is 3.44. The van der Waals surface area contributed by atoms with Crippen LogP contribution in [0.1, 0.15) is 37.2 Å². The van der Waals surface area contributed by atoms with Crippen molar-refractivity contribution in [3.8, 4) is 0 Å². The summed E-state index contributed by atoms with van der Waals surface area (Å²) in [6, 6.07) is 5.27. The number of hydrogen-bond donors (Lipinski definition) is 1. The monoisotopic (exact) mass is 272 g/mol. The van der Waals surface area contributed by atoms with E-state index < -0.39 is 5.97 Å². The molecule has 1 N–H and O–H groups in total. The summed E-state index contributed by atoms with van der Waals surface area (Å²) in [6.45, 7) is 0. The molecule has 2 atom stereocenters. The van der Waals surface area contributed by atoms with Crippen LogP contribution < -0.4 is 0 Å². The van der Waals surface area contributed by atoms with Gasteiger partial charge in [-0.3, -0.25) is 4.79 Å². The van der Waals surface area contributed by atoms with Crippen molar-refractivity contribution in [2.75, 3.05) is 0 Å². The Kier molecular flexibility index (Phi) is 3.95. The number of carboxylic acids is 1. The Bertz CT molecular complexity index is 431. The second-order valence-electron chi connectivity index (χ2n) is 4.50. The van der Waals surface area contributed by atoms with Gasteiger partial charge >= 0.3 is 5.97 Å². The molecule has 92 valence electrons. The van der Waals surface area contributed by atoms with Crippen LogP contribution in [0.5, 0.6) is 0 Å². The van der Waals surface area contributed by atoms with Gasteiger partial charge in [-0.15, -0.1) is 0 Å².